The van der Waals surface area contributed by atoms with Gasteiger partial charge < -0.3 is 15.5 Å². The van der Waals surface area contributed by atoms with E-state index in [0.29, 0.717) is 15.6 Å². The molecule has 2 aromatic carbocycles. The van der Waals surface area contributed by atoms with Crippen LogP contribution < -0.4 is 15.5 Å². The van der Waals surface area contributed by atoms with E-state index in [0.717, 1.165) is 35.2 Å². The van der Waals surface area contributed by atoms with Gasteiger partial charge in [-0.2, -0.15) is 0 Å². The van der Waals surface area contributed by atoms with Crippen molar-refractivity contribution in [2.75, 3.05) is 29.1 Å². The summed E-state index contributed by atoms with van der Waals surface area (Å²) in [4.78, 5) is 27.8. The number of thiophene rings is 1. The van der Waals surface area contributed by atoms with E-state index >= 15 is 0 Å². The number of benzene rings is 2. The van der Waals surface area contributed by atoms with E-state index in [2.05, 4.69) is 22.5 Å². The Kier molecular flexibility index (Phi) is 6.74. The predicted octanol–water partition coefficient (Wildman–Crippen LogP) is 5.81. The Morgan fingerprint density at radius 2 is 1.87 bits per heavy atom. The minimum absolute atomic E-state index is 0.0238. The second kappa shape index (κ2) is 9.28. The zero-order valence-electron chi connectivity index (χ0n) is 16.8. The second-order valence-electron chi connectivity index (χ2n) is 6.72. The molecule has 1 aromatic heterocycles. The van der Waals surface area contributed by atoms with Gasteiger partial charge in [-0.05, 0) is 61.9 Å². The first-order valence-electron chi connectivity index (χ1n) is 9.28. The summed E-state index contributed by atoms with van der Waals surface area (Å²) in [7, 11) is 1.98. The number of rotatable bonds is 6. The molecule has 2 amide bonds. The fourth-order valence-electron chi connectivity index (χ4n) is 2.81. The van der Waals surface area contributed by atoms with Crippen molar-refractivity contribution in [1.29, 1.82) is 0 Å². The van der Waals surface area contributed by atoms with Crippen LogP contribution in [0.2, 0.25) is 5.02 Å². The Hall–Kier alpha value is -2.90. The molecule has 8 heteroatoms. The van der Waals surface area contributed by atoms with Gasteiger partial charge in [-0.1, -0.05) is 17.7 Å². The van der Waals surface area contributed by atoms with Crippen molar-refractivity contribution >= 4 is 51.1 Å². The fraction of sp³-hybridized carbons (Fsp3) is 0.182. The molecule has 0 aliphatic heterocycles. The van der Waals surface area contributed by atoms with Gasteiger partial charge in [0.15, 0.2) is 0 Å². The van der Waals surface area contributed by atoms with Crippen LogP contribution in [0.1, 0.15) is 32.5 Å². The summed E-state index contributed by atoms with van der Waals surface area (Å²) in [5.41, 5.74) is 2.59. The molecule has 0 atom stereocenters. The maximum Gasteiger partial charge on any atom is 0.266 e. The van der Waals surface area contributed by atoms with E-state index in [1.54, 1.807) is 13.0 Å². The molecule has 3 aromatic rings. The van der Waals surface area contributed by atoms with E-state index < -0.39 is 11.7 Å². The maximum atomic E-state index is 13.2. The Morgan fingerprint density at radius 1 is 1.10 bits per heavy atom. The lowest BCUT2D eigenvalue weighted by Crippen LogP contribution is -2.16. The minimum atomic E-state index is -0.517. The number of halogens is 2. The summed E-state index contributed by atoms with van der Waals surface area (Å²) >= 11 is 7.11. The van der Waals surface area contributed by atoms with E-state index in [1.165, 1.54) is 12.1 Å². The highest BCUT2D eigenvalue weighted by molar-refractivity contribution is 7.18. The molecule has 156 valence electrons. The third kappa shape index (κ3) is 4.98. The predicted molar refractivity (Wildman–Crippen MR) is 122 cm³/mol. The molecule has 0 saturated carbocycles. The summed E-state index contributed by atoms with van der Waals surface area (Å²) in [6.45, 7) is 4.70. The SMILES string of the molecule is CCN(C)c1cccc(NC(=O)c2sc(NC(=O)c3ccc(F)cc3Cl)cc2C)c1. The van der Waals surface area contributed by atoms with Crippen LogP contribution in [-0.4, -0.2) is 25.4 Å². The second-order valence-corrected chi connectivity index (χ2v) is 8.18. The van der Waals surface area contributed by atoms with Crippen LogP contribution >= 0.6 is 22.9 Å². The molecule has 0 fully saturated rings. The van der Waals surface area contributed by atoms with Crippen molar-refractivity contribution in [2.24, 2.45) is 0 Å². The number of nitrogens with zero attached hydrogens (tertiary/aromatic N) is 1. The van der Waals surface area contributed by atoms with Crippen LogP contribution in [0.25, 0.3) is 0 Å². The number of nitrogens with one attached hydrogen (secondary N) is 2. The van der Waals surface area contributed by atoms with Gasteiger partial charge in [0.05, 0.1) is 20.5 Å². The van der Waals surface area contributed by atoms with Crippen molar-refractivity contribution in [1.82, 2.24) is 0 Å². The Bertz CT molecular complexity index is 1100. The largest absolute Gasteiger partial charge is 0.375 e. The molecule has 0 aliphatic carbocycles. The van der Waals surface area contributed by atoms with Gasteiger partial charge in [0.2, 0.25) is 0 Å². The first-order chi connectivity index (χ1) is 14.3. The molecule has 2 N–H and O–H groups in total. The zero-order valence-corrected chi connectivity index (χ0v) is 18.3. The van der Waals surface area contributed by atoms with Gasteiger partial charge in [0.25, 0.3) is 11.8 Å². The summed E-state index contributed by atoms with van der Waals surface area (Å²) in [6, 6.07) is 12.9. The molecule has 0 saturated heterocycles. The number of aryl methyl sites for hydroxylation is 1. The van der Waals surface area contributed by atoms with Crippen LogP contribution in [0.3, 0.4) is 0 Å². The average Bonchev–Trinajstić information content (AvgIpc) is 3.07. The lowest BCUT2D eigenvalue weighted by Gasteiger charge is -2.17. The van der Waals surface area contributed by atoms with Crippen LogP contribution in [-0.2, 0) is 0 Å². The van der Waals surface area contributed by atoms with Gasteiger partial charge in [-0.25, -0.2) is 4.39 Å². The van der Waals surface area contributed by atoms with Crippen molar-refractivity contribution in [3.8, 4) is 0 Å². The number of amides is 2. The minimum Gasteiger partial charge on any atom is -0.375 e. The van der Waals surface area contributed by atoms with Crippen LogP contribution in [0, 0.1) is 12.7 Å². The first-order valence-corrected chi connectivity index (χ1v) is 10.5. The third-order valence-electron chi connectivity index (χ3n) is 4.56. The summed E-state index contributed by atoms with van der Waals surface area (Å²) in [6.07, 6.45) is 0. The van der Waals surface area contributed by atoms with Gasteiger partial charge >= 0.3 is 0 Å². The molecule has 5 nitrogen and oxygen atoms in total. The van der Waals surface area contributed by atoms with Gasteiger partial charge in [-0.15, -0.1) is 11.3 Å². The highest BCUT2D eigenvalue weighted by atomic mass is 35.5. The van der Waals surface area contributed by atoms with E-state index in [4.69, 9.17) is 11.6 Å². The summed E-state index contributed by atoms with van der Waals surface area (Å²) in [5, 5.41) is 6.14. The van der Waals surface area contributed by atoms with E-state index in [-0.39, 0.29) is 16.5 Å². The first kappa shape index (κ1) is 21.8. The van der Waals surface area contributed by atoms with Gasteiger partial charge in [0.1, 0.15) is 5.82 Å². The molecule has 0 spiro atoms. The normalized spacial score (nSPS) is 10.6. The molecule has 30 heavy (non-hydrogen) atoms. The summed E-state index contributed by atoms with van der Waals surface area (Å²) in [5.74, 6) is -1.24. The average molecular weight is 446 g/mol. The van der Waals surface area contributed by atoms with E-state index in [9.17, 15) is 14.0 Å². The maximum absolute atomic E-state index is 13.2. The molecular weight excluding hydrogens is 425 g/mol. The third-order valence-corrected chi connectivity index (χ3v) is 6.02. The van der Waals surface area contributed by atoms with Crippen molar-refractivity contribution < 1.29 is 14.0 Å². The molecule has 1 heterocycles. The molecule has 3 rings (SSSR count). The van der Waals surface area contributed by atoms with E-state index in [1.807, 2.05) is 31.3 Å². The topological polar surface area (TPSA) is 61.4 Å². The fourth-order valence-corrected chi connectivity index (χ4v) is 4.03. The summed E-state index contributed by atoms with van der Waals surface area (Å²) < 4.78 is 13.2. The highest BCUT2D eigenvalue weighted by Crippen LogP contribution is 2.29. The molecule has 0 bridgehead atoms. The molecule has 0 radical (unpaired) electrons. The lowest BCUT2D eigenvalue weighted by molar-refractivity contribution is 0.102. The van der Waals surface area contributed by atoms with Crippen LogP contribution in [0.5, 0.6) is 0 Å². The quantitative estimate of drug-likeness (QED) is 0.503. The highest BCUT2D eigenvalue weighted by Gasteiger charge is 2.17. The number of hydrogen-bond acceptors (Lipinski definition) is 4. The number of carbonyl (C=O) groups is 2. The zero-order chi connectivity index (χ0) is 21.8. The van der Waals surface area contributed by atoms with Crippen LogP contribution in [0.15, 0.2) is 48.5 Å². The Balaban J connectivity index is 1.74. The molecule has 0 unspecified atom stereocenters. The standard InChI is InChI=1S/C22H21ClFN3O2S/c1-4-27(3)16-7-5-6-15(12-16)25-22(29)20-13(2)10-19(30-20)26-21(28)17-9-8-14(24)11-18(17)23/h5-12H,4H2,1-3H3,(H,25,29)(H,26,28). The van der Waals surface area contributed by atoms with Gasteiger partial charge in [0, 0.05) is 25.0 Å². The number of hydrogen-bond donors (Lipinski definition) is 2. The van der Waals surface area contributed by atoms with Crippen molar-refractivity contribution in [3.05, 3.63) is 75.4 Å². The number of carbonyl (C=O) groups excluding carboxylic acids is 2. The smallest absolute Gasteiger partial charge is 0.266 e. The van der Waals surface area contributed by atoms with Crippen molar-refractivity contribution in [3.63, 3.8) is 0 Å². The van der Waals surface area contributed by atoms with Crippen molar-refractivity contribution in [2.45, 2.75) is 13.8 Å². The molecule has 0 aliphatic rings. The van der Waals surface area contributed by atoms with Gasteiger partial charge in [-0.3, -0.25) is 9.59 Å². The Morgan fingerprint density at radius 3 is 2.57 bits per heavy atom. The Labute approximate surface area is 183 Å². The molecular formula is C22H21ClFN3O2S. The monoisotopic (exact) mass is 445 g/mol. The lowest BCUT2D eigenvalue weighted by atomic mass is 10.2. The van der Waals surface area contributed by atoms with Crippen LogP contribution in [0.4, 0.5) is 20.8 Å². The number of anilines is 3.